The molecule has 0 aliphatic heterocycles. The molecule has 5 nitrogen and oxygen atoms in total. The van der Waals surface area contributed by atoms with Crippen LogP contribution in [0.3, 0.4) is 0 Å². The second-order valence-electron chi connectivity index (χ2n) is 5.84. The minimum Gasteiger partial charge on any atom is -0.361 e. The van der Waals surface area contributed by atoms with Gasteiger partial charge in [-0.1, -0.05) is 19.6 Å². The Bertz CT molecular complexity index is 636. The fourth-order valence-corrected chi connectivity index (χ4v) is 2.54. The first-order valence-electron chi connectivity index (χ1n) is 6.41. The third-order valence-corrected chi connectivity index (χ3v) is 6.36. The highest BCUT2D eigenvalue weighted by molar-refractivity contribution is 9.10. The van der Waals surface area contributed by atoms with Crippen LogP contribution >= 0.6 is 15.9 Å². The molecule has 1 unspecified atom stereocenters. The predicted octanol–water partition coefficient (Wildman–Crippen LogP) is 3.25. The Hall–Kier alpha value is -1.05. The summed E-state index contributed by atoms with van der Waals surface area (Å²) >= 11 is 3.27. The number of carbonyl (C=O) groups is 1. The Labute approximate surface area is 127 Å². The summed E-state index contributed by atoms with van der Waals surface area (Å²) in [7, 11) is -1.34. The zero-order valence-electron chi connectivity index (χ0n) is 12.1. The van der Waals surface area contributed by atoms with Crippen LogP contribution in [-0.4, -0.2) is 34.6 Å². The molecule has 2 aromatic heterocycles. The van der Waals surface area contributed by atoms with Crippen LogP contribution in [0.25, 0.3) is 11.2 Å². The lowest BCUT2D eigenvalue weighted by Crippen LogP contribution is -2.38. The van der Waals surface area contributed by atoms with Crippen molar-refractivity contribution < 1.29 is 9.53 Å². The lowest BCUT2D eigenvalue weighted by Gasteiger charge is -2.25. The zero-order chi connectivity index (χ0) is 14.9. The maximum atomic E-state index is 11.1. The number of hydrogen-bond donors (Lipinski definition) is 0. The maximum absolute atomic E-state index is 11.1. The number of aldehydes is 1. The maximum Gasteiger partial charge on any atom is 0.161 e. The van der Waals surface area contributed by atoms with Gasteiger partial charge in [-0.15, -0.1) is 0 Å². The summed E-state index contributed by atoms with van der Waals surface area (Å²) in [6, 6.07) is 0. The smallest absolute Gasteiger partial charge is 0.161 e. The summed E-state index contributed by atoms with van der Waals surface area (Å²) in [5.74, 6) is 0. The van der Waals surface area contributed by atoms with Crippen LogP contribution < -0.4 is 0 Å². The summed E-state index contributed by atoms with van der Waals surface area (Å²) in [6.45, 7) is 9.27. The average Bonchev–Trinajstić information content (AvgIpc) is 2.72. The topological polar surface area (TPSA) is 57.0 Å². The number of halogens is 1. The Kier molecular flexibility index (Phi) is 4.41. The normalized spacial score (nSPS) is 13.7. The number of ether oxygens (including phenoxy) is 1. The van der Waals surface area contributed by atoms with E-state index in [2.05, 4.69) is 52.5 Å². The van der Waals surface area contributed by atoms with E-state index in [1.807, 2.05) is 4.57 Å². The molecule has 0 saturated carbocycles. The number of hydrogen-bond acceptors (Lipinski definition) is 4. The van der Waals surface area contributed by atoms with Crippen LogP contribution in [0.4, 0.5) is 0 Å². The number of fused-ring (bicyclic) bond motifs is 1. The van der Waals surface area contributed by atoms with Crippen molar-refractivity contribution in [2.24, 2.45) is 0 Å². The first-order valence-corrected chi connectivity index (χ1v) is 10.8. The molecule has 1 atom stereocenters. The Morgan fingerprint density at radius 3 is 2.80 bits per heavy atom. The van der Waals surface area contributed by atoms with E-state index in [0.717, 1.165) is 6.29 Å². The largest absolute Gasteiger partial charge is 0.361 e. The van der Waals surface area contributed by atoms with E-state index in [4.69, 9.17) is 4.74 Å². The molecule has 0 bridgehead atoms. The quantitative estimate of drug-likeness (QED) is 0.610. The minimum absolute atomic E-state index is 0.225. The lowest BCUT2D eigenvalue weighted by atomic mass is 10.3. The fraction of sp³-hybridized carbons (Fsp3) is 0.462. The third kappa shape index (κ3) is 3.16. The van der Waals surface area contributed by atoms with Crippen LogP contribution in [0.2, 0.25) is 19.6 Å². The van der Waals surface area contributed by atoms with Gasteiger partial charge in [0.2, 0.25) is 0 Å². The van der Waals surface area contributed by atoms with Crippen LogP contribution in [-0.2, 0) is 11.5 Å². The van der Waals surface area contributed by atoms with Gasteiger partial charge >= 0.3 is 0 Å². The first-order chi connectivity index (χ1) is 9.32. The average molecular weight is 356 g/mol. The molecule has 108 valence electrons. The Balaban J connectivity index is 2.29. The molecule has 0 amide bonds. The highest BCUT2D eigenvalue weighted by Crippen LogP contribution is 2.19. The van der Waals surface area contributed by atoms with Gasteiger partial charge in [0.25, 0.3) is 0 Å². The first kappa shape index (κ1) is 15.3. The molecule has 2 heterocycles. The number of nitrogens with zero attached hydrogens (tertiary/aromatic N) is 3. The van der Waals surface area contributed by atoms with Crippen molar-refractivity contribution in [2.75, 3.05) is 0 Å². The number of rotatable bonds is 5. The van der Waals surface area contributed by atoms with Gasteiger partial charge in [-0.3, -0.25) is 4.79 Å². The van der Waals surface area contributed by atoms with Crippen molar-refractivity contribution in [1.29, 1.82) is 0 Å². The van der Waals surface area contributed by atoms with Crippen molar-refractivity contribution in [3.63, 3.8) is 0 Å². The molecule has 2 aromatic rings. The number of carbonyl (C=O) groups excluding carboxylic acids is 1. The molecule has 0 radical (unpaired) electrons. The summed E-state index contributed by atoms with van der Waals surface area (Å²) < 4.78 is 8.36. The lowest BCUT2D eigenvalue weighted by molar-refractivity contribution is 0.0589. The van der Waals surface area contributed by atoms with Crippen LogP contribution in [0, 0.1) is 0 Å². The Morgan fingerprint density at radius 1 is 1.50 bits per heavy atom. The van der Waals surface area contributed by atoms with E-state index in [1.54, 1.807) is 12.4 Å². The molecule has 0 aromatic carbocycles. The summed E-state index contributed by atoms with van der Waals surface area (Å²) in [5, 5.41) is 0. The molecule has 0 aliphatic carbocycles. The van der Waals surface area contributed by atoms with E-state index in [9.17, 15) is 4.79 Å². The van der Waals surface area contributed by atoms with Crippen molar-refractivity contribution in [1.82, 2.24) is 14.5 Å². The molecule has 0 spiro atoms. The van der Waals surface area contributed by atoms with Gasteiger partial charge < -0.3 is 9.30 Å². The van der Waals surface area contributed by atoms with Gasteiger partial charge in [-0.05, 0) is 22.9 Å². The van der Waals surface area contributed by atoms with Crippen molar-refractivity contribution >= 4 is 41.5 Å². The van der Waals surface area contributed by atoms with Crippen LogP contribution in [0.1, 0.15) is 17.3 Å². The molecule has 2 rings (SSSR count). The monoisotopic (exact) mass is 355 g/mol. The third-order valence-electron chi connectivity index (χ3n) is 3.37. The van der Waals surface area contributed by atoms with Crippen molar-refractivity contribution in [3.8, 4) is 0 Å². The molecule has 0 aliphatic rings. The molecular weight excluding hydrogens is 338 g/mol. The summed E-state index contributed by atoms with van der Waals surface area (Å²) in [6.07, 6.45) is 4.15. The van der Waals surface area contributed by atoms with Gasteiger partial charge in [-0.2, -0.15) is 0 Å². The van der Waals surface area contributed by atoms with Gasteiger partial charge in [0.1, 0.15) is 16.9 Å². The van der Waals surface area contributed by atoms with Crippen molar-refractivity contribution in [2.45, 2.75) is 39.0 Å². The second kappa shape index (κ2) is 5.75. The predicted molar refractivity (Wildman–Crippen MR) is 84.5 cm³/mol. The molecule has 0 saturated heterocycles. The Morgan fingerprint density at radius 2 is 2.20 bits per heavy atom. The molecule has 0 fully saturated rings. The SMILES string of the molecule is CC(OCn1cc(C=O)c2nc(Br)cnc21)[Si](C)(C)C. The highest BCUT2D eigenvalue weighted by atomic mass is 79.9. The fourth-order valence-electron chi connectivity index (χ4n) is 1.68. The summed E-state index contributed by atoms with van der Waals surface area (Å²) in [5.41, 5.74) is 2.01. The van der Waals surface area contributed by atoms with Gasteiger partial charge in [0, 0.05) is 11.9 Å². The van der Waals surface area contributed by atoms with Gasteiger partial charge in [0.05, 0.1) is 19.8 Å². The molecule has 7 heteroatoms. The van der Waals surface area contributed by atoms with E-state index in [1.165, 1.54) is 0 Å². The minimum atomic E-state index is -1.34. The van der Waals surface area contributed by atoms with Crippen LogP contribution in [0.5, 0.6) is 0 Å². The van der Waals surface area contributed by atoms with Crippen LogP contribution in [0.15, 0.2) is 17.0 Å². The highest BCUT2D eigenvalue weighted by Gasteiger charge is 2.23. The van der Waals surface area contributed by atoms with E-state index >= 15 is 0 Å². The van der Waals surface area contributed by atoms with E-state index in [0.29, 0.717) is 28.1 Å². The molecule has 20 heavy (non-hydrogen) atoms. The molecule has 0 N–H and O–H groups in total. The van der Waals surface area contributed by atoms with E-state index < -0.39 is 8.07 Å². The molecular formula is C13H18BrN3O2Si. The van der Waals surface area contributed by atoms with Gasteiger partial charge in [0.15, 0.2) is 11.9 Å². The standard InChI is InChI=1S/C13H18BrN3O2Si/c1-9(20(2,3)4)19-8-17-6-10(7-18)12-13(17)15-5-11(14)16-12/h5-7,9H,8H2,1-4H3. The zero-order valence-corrected chi connectivity index (χ0v) is 14.6. The summed E-state index contributed by atoms with van der Waals surface area (Å²) in [4.78, 5) is 19.7. The second-order valence-corrected chi connectivity index (χ2v) is 12.2. The van der Waals surface area contributed by atoms with E-state index in [-0.39, 0.29) is 5.73 Å². The van der Waals surface area contributed by atoms with Gasteiger partial charge in [-0.25, -0.2) is 9.97 Å². The number of aromatic nitrogens is 3. The van der Waals surface area contributed by atoms with Crippen molar-refractivity contribution in [3.05, 3.63) is 22.6 Å².